The summed E-state index contributed by atoms with van der Waals surface area (Å²) in [6, 6.07) is 5.35. The van der Waals surface area contributed by atoms with E-state index >= 15 is 0 Å². The van der Waals surface area contributed by atoms with Gasteiger partial charge in [0.05, 0.1) is 0 Å². The van der Waals surface area contributed by atoms with Crippen molar-refractivity contribution in [3.8, 4) is 0 Å². The zero-order valence-electron chi connectivity index (χ0n) is 11.2. The number of rotatable bonds is 7. The van der Waals surface area contributed by atoms with Crippen LogP contribution in [0.2, 0.25) is 0 Å². The van der Waals surface area contributed by atoms with Crippen LogP contribution in [-0.4, -0.2) is 30.7 Å². The number of hydrogen-bond donors (Lipinski definition) is 2. The van der Waals surface area contributed by atoms with Gasteiger partial charge in [0.2, 0.25) is 5.91 Å². The lowest BCUT2D eigenvalue weighted by molar-refractivity contribution is -0.124. The van der Waals surface area contributed by atoms with Crippen molar-refractivity contribution in [3.63, 3.8) is 0 Å². The van der Waals surface area contributed by atoms with Crippen LogP contribution in [0.5, 0.6) is 0 Å². The summed E-state index contributed by atoms with van der Waals surface area (Å²) in [6.45, 7) is 1.92. The smallest absolute Gasteiger partial charge is 0.251 e. The maximum absolute atomic E-state index is 12.9. The third-order valence-corrected chi connectivity index (χ3v) is 2.52. The van der Waals surface area contributed by atoms with Crippen LogP contribution in [0.4, 0.5) is 4.39 Å². The molecule has 0 saturated carbocycles. The number of amides is 2. The fourth-order valence-electron chi connectivity index (χ4n) is 1.49. The summed E-state index contributed by atoms with van der Waals surface area (Å²) in [7, 11) is 0. The van der Waals surface area contributed by atoms with Gasteiger partial charge in [-0.1, -0.05) is 6.07 Å². The van der Waals surface area contributed by atoms with E-state index in [9.17, 15) is 18.8 Å². The van der Waals surface area contributed by atoms with Crippen molar-refractivity contribution >= 4 is 17.6 Å². The predicted octanol–water partition coefficient (Wildman–Crippen LogP) is 1.04. The van der Waals surface area contributed by atoms with E-state index in [4.69, 9.17) is 0 Å². The summed E-state index contributed by atoms with van der Waals surface area (Å²) in [5.74, 6) is -1.16. The van der Waals surface area contributed by atoms with Gasteiger partial charge >= 0.3 is 0 Å². The normalized spacial score (nSPS) is 9.90. The molecule has 0 spiro atoms. The number of carbonyl (C=O) groups is 3. The number of halogens is 1. The van der Waals surface area contributed by atoms with Crippen molar-refractivity contribution in [2.45, 2.75) is 19.8 Å². The molecule has 0 unspecified atom stereocenters. The molecule has 0 saturated heterocycles. The van der Waals surface area contributed by atoms with E-state index in [2.05, 4.69) is 10.6 Å². The Morgan fingerprint density at radius 1 is 1.10 bits per heavy atom. The molecule has 2 N–H and O–H groups in total. The summed E-state index contributed by atoms with van der Waals surface area (Å²) in [4.78, 5) is 33.6. The molecule has 1 aromatic carbocycles. The molecule has 1 rings (SSSR count). The van der Waals surface area contributed by atoms with Crippen molar-refractivity contribution < 1.29 is 18.8 Å². The van der Waals surface area contributed by atoms with Gasteiger partial charge in [-0.25, -0.2) is 4.39 Å². The third kappa shape index (κ3) is 6.08. The molecule has 0 radical (unpaired) electrons. The Hall–Kier alpha value is -2.24. The number of carbonyl (C=O) groups excluding carboxylic acids is 3. The highest BCUT2D eigenvalue weighted by molar-refractivity contribution is 5.94. The van der Waals surface area contributed by atoms with Crippen LogP contribution in [0.3, 0.4) is 0 Å². The third-order valence-electron chi connectivity index (χ3n) is 2.52. The van der Waals surface area contributed by atoms with Gasteiger partial charge in [0.15, 0.2) is 0 Å². The van der Waals surface area contributed by atoms with Crippen LogP contribution in [-0.2, 0) is 9.59 Å². The summed E-state index contributed by atoms with van der Waals surface area (Å²) >= 11 is 0. The van der Waals surface area contributed by atoms with Crippen LogP contribution in [0.15, 0.2) is 24.3 Å². The zero-order chi connectivity index (χ0) is 15.0. The topological polar surface area (TPSA) is 75.3 Å². The maximum Gasteiger partial charge on any atom is 0.251 e. The molecule has 0 atom stereocenters. The summed E-state index contributed by atoms with van der Waals surface area (Å²) in [5, 5.41) is 5.14. The molecule has 0 aliphatic rings. The molecule has 0 bridgehead atoms. The lowest BCUT2D eigenvalue weighted by Crippen LogP contribution is -2.34. The molecule has 5 nitrogen and oxygen atoms in total. The molecule has 6 heteroatoms. The fraction of sp³-hybridized carbons (Fsp3) is 0.357. The average molecular weight is 280 g/mol. The summed E-state index contributed by atoms with van der Waals surface area (Å²) < 4.78 is 12.9. The van der Waals surface area contributed by atoms with E-state index in [1.807, 2.05) is 0 Å². The summed E-state index contributed by atoms with van der Waals surface area (Å²) in [6.07, 6.45) is 0.356. The van der Waals surface area contributed by atoms with Gasteiger partial charge in [-0.15, -0.1) is 0 Å². The standard InChI is InChI=1S/C14H17FN2O3/c1-10(18)5-6-13(19)16-7-8-17-14(20)11-3-2-4-12(15)9-11/h2-4,9H,5-8H2,1H3,(H,16,19)(H,17,20). The lowest BCUT2D eigenvalue weighted by atomic mass is 10.2. The first-order valence-corrected chi connectivity index (χ1v) is 6.29. The molecule has 108 valence electrons. The van der Waals surface area contributed by atoms with Gasteiger partial charge in [0, 0.05) is 31.5 Å². The Balaban J connectivity index is 2.22. The molecule has 0 aliphatic heterocycles. The quantitative estimate of drug-likeness (QED) is 0.733. The van der Waals surface area contributed by atoms with Gasteiger partial charge in [-0.05, 0) is 25.1 Å². The second-order valence-electron chi connectivity index (χ2n) is 4.32. The fourth-order valence-corrected chi connectivity index (χ4v) is 1.49. The van der Waals surface area contributed by atoms with Gasteiger partial charge in [-0.2, -0.15) is 0 Å². The van der Waals surface area contributed by atoms with Crippen LogP contribution < -0.4 is 10.6 Å². The highest BCUT2D eigenvalue weighted by Gasteiger charge is 2.06. The van der Waals surface area contributed by atoms with E-state index in [1.54, 1.807) is 0 Å². The van der Waals surface area contributed by atoms with Crippen molar-refractivity contribution in [1.29, 1.82) is 0 Å². The largest absolute Gasteiger partial charge is 0.354 e. The minimum Gasteiger partial charge on any atom is -0.354 e. The van der Waals surface area contributed by atoms with E-state index in [1.165, 1.54) is 25.1 Å². The number of benzene rings is 1. The molecule has 0 heterocycles. The first kappa shape index (κ1) is 15.8. The highest BCUT2D eigenvalue weighted by atomic mass is 19.1. The molecule has 2 amide bonds. The van der Waals surface area contributed by atoms with Crippen molar-refractivity contribution in [2.24, 2.45) is 0 Å². The van der Waals surface area contributed by atoms with Crippen LogP contribution in [0, 0.1) is 5.82 Å². The Labute approximate surface area is 116 Å². The van der Waals surface area contributed by atoms with Crippen molar-refractivity contribution in [1.82, 2.24) is 10.6 Å². The SMILES string of the molecule is CC(=O)CCC(=O)NCCNC(=O)c1cccc(F)c1. The molecular weight excluding hydrogens is 263 g/mol. The number of Topliss-reactive ketones (excluding diaryl/α,β-unsaturated/α-hetero) is 1. The van der Waals surface area contributed by atoms with Crippen LogP contribution in [0.25, 0.3) is 0 Å². The first-order valence-electron chi connectivity index (χ1n) is 6.29. The molecular formula is C14H17FN2O3. The van der Waals surface area contributed by atoms with Gasteiger partial charge in [0.1, 0.15) is 11.6 Å². The number of ketones is 1. The Bertz CT molecular complexity index is 503. The Morgan fingerprint density at radius 3 is 2.45 bits per heavy atom. The molecule has 0 aromatic heterocycles. The van der Waals surface area contributed by atoms with E-state index in [0.29, 0.717) is 0 Å². The second kappa shape index (κ2) is 8.04. The van der Waals surface area contributed by atoms with E-state index in [0.717, 1.165) is 6.07 Å². The zero-order valence-corrected chi connectivity index (χ0v) is 11.2. The van der Waals surface area contributed by atoms with Gasteiger partial charge in [-0.3, -0.25) is 9.59 Å². The molecule has 20 heavy (non-hydrogen) atoms. The predicted molar refractivity (Wildman–Crippen MR) is 71.7 cm³/mol. The second-order valence-corrected chi connectivity index (χ2v) is 4.32. The Morgan fingerprint density at radius 2 is 1.80 bits per heavy atom. The summed E-state index contributed by atoms with van der Waals surface area (Å²) in [5.41, 5.74) is 0.230. The minimum absolute atomic E-state index is 0.0421. The molecule has 0 fully saturated rings. The van der Waals surface area contributed by atoms with Crippen molar-refractivity contribution in [2.75, 3.05) is 13.1 Å². The monoisotopic (exact) mass is 280 g/mol. The first-order chi connectivity index (χ1) is 9.49. The molecule has 1 aromatic rings. The van der Waals surface area contributed by atoms with Gasteiger partial charge < -0.3 is 15.4 Å². The lowest BCUT2D eigenvalue weighted by Gasteiger charge is -2.07. The van der Waals surface area contributed by atoms with Crippen molar-refractivity contribution in [3.05, 3.63) is 35.6 Å². The van der Waals surface area contributed by atoms with Crippen LogP contribution in [0.1, 0.15) is 30.1 Å². The average Bonchev–Trinajstić information content (AvgIpc) is 2.41. The number of nitrogens with one attached hydrogen (secondary N) is 2. The number of hydrogen-bond acceptors (Lipinski definition) is 3. The highest BCUT2D eigenvalue weighted by Crippen LogP contribution is 2.02. The minimum atomic E-state index is -0.477. The maximum atomic E-state index is 12.9. The van der Waals surface area contributed by atoms with E-state index < -0.39 is 11.7 Å². The van der Waals surface area contributed by atoms with Crippen LogP contribution >= 0.6 is 0 Å². The molecule has 0 aliphatic carbocycles. The van der Waals surface area contributed by atoms with Gasteiger partial charge in [0.25, 0.3) is 5.91 Å². The van der Waals surface area contributed by atoms with E-state index in [-0.39, 0.29) is 43.2 Å². The Kier molecular flexibility index (Phi) is 6.36.